The number of fused-ring (bicyclic) bond motifs is 1. The molecule has 0 aliphatic heterocycles. The minimum atomic E-state index is 0.831. The fourth-order valence-corrected chi connectivity index (χ4v) is 3.61. The van der Waals surface area contributed by atoms with E-state index in [0.29, 0.717) is 0 Å². The monoisotopic (exact) mass is 216 g/mol. The molecule has 0 bridgehead atoms. The minimum Gasteiger partial charge on any atom is -0.144 e. The lowest BCUT2D eigenvalue weighted by molar-refractivity contribution is 0.445. The van der Waals surface area contributed by atoms with Crippen LogP contribution in [0.25, 0.3) is 10.1 Å². The van der Waals surface area contributed by atoms with E-state index in [1.54, 1.807) is 5.56 Å². The van der Waals surface area contributed by atoms with E-state index >= 15 is 0 Å². The van der Waals surface area contributed by atoms with Gasteiger partial charge in [-0.05, 0) is 47.2 Å². The van der Waals surface area contributed by atoms with Gasteiger partial charge in [0.25, 0.3) is 0 Å². The third-order valence-electron chi connectivity index (χ3n) is 3.57. The van der Waals surface area contributed by atoms with Gasteiger partial charge in [-0.15, -0.1) is 11.3 Å². The van der Waals surface area contributed by atoms with Crippen LogP contribution in [0.1, 0.15) is 43.6 Å². The predicted molar refractivity (Wildman–Crippen MR) is 67.7 cm³/mol. The molecule has 1 heteroatoms. The van der Waals surface area contributed by atoms with Crippen molar-refractivity contribution in [3.8, 4) is 0 Å². The highest BCUT2D eigenvalue weighted by atomic mass is 32.1. The van der Waals surface area contributed by atoms with Crippen LogP contribution in [0.2, 0.25) is 0 Å². The van der Waals surface area contributed by atoms with Gasteiger partial charge in [0.05, 0.1) is 0 Å². The highest BCUT2D eigenvalue weighted by Gasteiger charge is 2.17. The smallest absolute Gasteiger partial charge is 0.0345 e. The van der Waals surface area contributed by atoms with E-state index in [2.05, 4.69) is 29.6 Å². The van der Waals surface area contributed by atoms with Gasteiger partial charge in [-0.2, -0.15) is 0 Å². The van der Waals surface area contributed by atoms with Crippen LogP contribution in [0.4, 0.5) is 0 Å². The number of hydrogen-bond donors (Lipinski definition) is 0. The van der Waals surface area contributed by atoms with Crippen molar-refractivity contribution in [1.29, 1.82) is 0 Å². The van der Waals surface area contributed by atoms with Gasteiger partial charge in [0.1, 0.15) is 0 Å². The van der Waals surface area contributed by atoms with Crippen molar-refractivity contribution in [2.75, 3.05) is 0 Å². The fourth-order valence-electron chi connectivity index (χ4n) is 2.79. The highest BCUT2D eigenvalue weighted by Crippen LogP contribution is 2.37. The Morgan fingerprint density at radius 1 is 1.00 bits per heavy atom. The molecule has 0 saturated heterocycles. The predicted octanol–water partition coefficient (Wildman–Crippen LogP) is 4.95. The maximum Gasteiger partial charge on any atom is 0.0345 e. The second-order valence-corrected chi connectivity index (χ2v) is 5.46. The van der Waals surface area contributed by atoms with Crippen molar-refractivity contribution >= 4 is 21.4 Å². The third-order valence-corrected chi connectivity index (χ3v) is 4.46. The summed E-state index contributed by atoms with van der Waals surface area (Å²) in [7, 11) is 0. The van der Waals surface area contributed by atoms with Gasteiger partial charge in [-0.1, -0.05) is 31.4 Å². The molecule has 2 aromatic rings. The molecule has 0 atom stereocenters. The molecule has 0 radical (unpaired) electrons. The van der Waals surface area contributed by atoms with Gasteiger partial charge in [-0.25, -0.2) is 0 Å². The van der Waals surface area contributed by atoms with Gasteiger partial charge < -0.3 is 0 Å². The first-order chi connectivity index (χ1) is 7.45. The van der Waals surface area contributed by atoms with Crippen molar-refractivity contribution in [2.45, 2.75) is 38.0 Å². The Labute approximate surface area is 94.9 Å². The van der Waals surface area contributed by atoms with Crippen molar-refractivity contribution in [3.05, 3.63) is 35.2 Å². The molecule has 0 amide bonds. The Bertz CT molecular complexity index is 449. The van der Waals surface area contributed by atoms with Gasteiger partial charge in [0.2, 0.25) is 0 Å². The quantitative estimate of drug-likeness (QED) is 0.632. The van der Waals surface area contributed by atoms with E-state index in [0.717, 1.165) is 5.92 Å². The van der Waals surface area contributed by atoms with Crippen molar-refractivity contribution in [3.63, 3.8) is 0 Å². The first kappa shape index (κ1) is 9.41. The zero-order valence-electron chi connectivity index (χ0n) is 8.91. The van der Waals surface area contributed by atoms with E-state index in [-0.39, 0.29) is 0 Å². The molecule has 0 spiro atoms. The highest BCUT2D eigenvalue weighted by molar-refractivity contribution is 7.17. The van der Waals surface area contributed by atoms with Crippen LogP contribution in [0, 0.1) is 0 Å². The zero-order valence-corrected chi connectivity index (χ0v) is 9.72. The second kappa shape index (κ2) is 3.97. The van der Waals surface area contributed by atoms with Gasteiger partial charge >= 0.3 is 0 Å². The Kier molecular flexibility index (Phi) is 2.49. The van der Waals surface area contributed by atoms with E-state index in [4.69, 9.17) is 0 Å². The summed E-state index contributed by atoms with van der Waals surface area (Å²) in [4.78, 5) is 0. The summed E-state index contributed by atoms with van der Waals surface area (Å²) in [5.41, 5.74) is 1.61. The SMILES string of the molecule is c1cc(C2CCCCC2)c2ccsc2c1. The van der Waals surface area contributed by atoms with E-state index in [1.165, 1.54) is 42.2 Å². The van der Waals surface area contributed by atoms with E-state index in [1.807, 2.05) is 11.3 Å². The third kappa shape index (κ3) is 1.69. The molecule has 0 nitrogen and oxygen atoms in total. The average molecular weight is 216 g/mol. The molecule has 1 saturated carbocycles. The molecule has 3 rings (SSSR count). The number of benzene rings is 1. The molecule has 78 valence electrons. The van der Waals surface area contributed by atoms with Crippen LogP contribution in [-0.2, 0) is 0 Å². The van der Waals surface area contributed by atoms with Crippen LogP contribution in [0.3, 0.4) is 0 Å². The lowest BCUT2D eigenvalue weighted by Gasteiger charge is -2.22. The number of hydrogen-bond acceptors (Lipinski definition) is 1. The molecular weight excluding hydrogens is 200 g/mol. The molecule has 0 unspecified atom stereocenters. The maximum atomic E-state index is 2.34. The maximum absolute atomic E-state index is 2.34. The molecule has 15 heavy (non-hydrogen) atoms. The molecule has 1 aromatic carbocycles. The molecule has 1 fully saturated rings. The largest absolute Gasteiger partial charge is 0.144 e. The summed E-state index contributed by atoms with van der Waals surface area (Å²) in [5, 5.41) is 3.73. The van der Waals surface area contributed by atoms with Gasteiger partial charge in [0, 0.05) is 4.70 Å². The number of thiophene rings is 1. The molecular formula is C14H16S. The van der Waals surface area contributed by atoms with Crippen LogP contribution in [-0.4, -0.2) is 0 Å². The summed E-state index contributed by atoms with van der Waals surface area (Å²) in [6, 6.07) is 9.10. The van der Waals surface area contributed by atoms with E-state index in [9.17, 15) is 0 Å². The summed E-state index contributed by atoms with van der Waals surface area (Å²) in [6.07, 6.45) is 7.08. The van der Waals surface area contributed by atoms with Crippen LogP contribution in [0.15, 0.2) is 29.6 Å². The first-order valence-electron chi connectivity index (χ1n) is 5.91. The Hall–Kier alpha value is -0.820. The van der Waals surface area contributed by atoms with Gasteiger partial charge in [0.15, 0.2) is 0 Å². The first-order valence-corrected chi connectivity index (χ1v) is 6.79. The topological polar surface area (TPSA) is 0 Å². The Balaban J connectivity index is 2.05. The van der Waals surface area contributed by atoms with Crippen molar-refractivity contribution in [1.82, 2.24) is 0 Å². The second-order valence-electron chi connectivity index (χ2n) is 4.51. The fraction of sp³-hybridized carbons (Fsp3) is 0.429. The lowest BCUT2D eigenvalue weighted by Crippen LogP contribution is -2.04. The lowest BCUT2D eigenvalue weighted by atomic mass is 9.83. The van der Waals surface area contributed by atoms with E-state index < -0.39 is 0 Å². The Morgan fingerprint density at radius 2 is 1.87 bits per heavy atom. The molecule has 1 aliphatic rings. The van der Waals surface area contributed by atoms with Crippen LogP contribution < -0.4 is 0 Å². The zero-order chi connectivity index (χ0) is 10.1. The summed E-state index contributed by atoms with van der Waals surface area (Å²) < 4.78 is 1.46. The normalized spacial score (nSPS) is 18.4. The molecule has 1 aliphatic carbocycles. The average Bonchev–Trinajstić information content (AvgIpc) is 2.78. The Morgan fingerprint density at radius 3 is 2.73 bits per heavy atom. The van der Waals surface area contributed by atoms with Crippen LogP contribution in [0.5, 0.6) is 0 Å². The summed E-state index contributed by atoms with van der Waals surface area (Å²) >= 11 is 1.87. The van der Waals surface area contributed by atoms with Crippen molar-refractivity contribution in [2.24, 2.45) is 0 Å². The summed E-state index contributed by atoms with van der Waals surface area (Å²) in [5.74, 6) is 0.831. The summed E-state index contributed by atoms with van der Waals surface area (Å²) in [6.45, 7) is 0. The van der Waals surface area contributed by atoms with Crippen LogP contribution >= 0.6 is 11.3 Å². The van der Waals surface area contributed by atoms with Crippen molar-refractivity contribution < 1.29 is 0 Å². The molecule has 0 N–H and O–H groups in total. The molecule has 1 heterocycles. The standard InChI is InChI=1S/C14H16S/c1-2-5-11(6-3-1)12-7-4-8-14-13(12)9-10-15-14/h4,7-11H,1-3,5-6H2. The van der Waals surface area contributed by atoms with Gasteiger partial charge in [-0.3, -0.25) is 0 Å². The number of rotatable bonds is 1. The minimum absolute atomic E-state index is 0.831. The molecule has 1 aromatic heterocycles.